The van der Waals surface area contributed by atoms with Gasteiger partial charge in [-0.15, -0.1) is 0 Å². The molecule has 1 aromatic carbocycles. The molecule has 0 fully saturated rings. The third-order valence-electron chi connectivity index (χ3n) is 2.87. The van der Waals surface area contributed by atoms with Crippen molar-refractivity contribution in [3.63, 3.8) is 0 Å². The highest BCUT2D eigenvalue weighted by Crippen LogP contribution is 2.27. The highest BCUT2D eigenvalue weighted by Gasteiger charge is 2.18. The normalized spacial score (nSPS) is 11.4. The Morgan fingerprint density at radius 3 is 2.27 bits per heavy atom. The SMILES string of the molecule is Cc1cc(Cl)c(C(=O)CN(C=O)CCOC(C)(C)C)c(Cl)c1. The number of ether oxygens (including phenoxy) is 1. The Bertz CT molecular complexity index is 530. The molecule has 1 rings (SSSR count). The van der Waals surface area contributed by atoms with Crippen LogP contribution in [-0.2, 0) is 9.53 Å². The molecular weight excluding hydrogens is 325 g/mol. The number of aryl methyl sites for hydroxylation is 1. The number of hydrogen-bond acceptors (Lipinski definition) is 3. The third kappa shape index (κ3) is 5.95. The summed E-state index contributed by atoms with van der Waals surface area (Å²) in [6, 6.07) is 3.35. The Morgan fingerprint density at radius 2 is 1.82 bits per heavy atom. The monoisotopic (exact) mass is 345 g/mol. The van der Waals surface area contributed by atoms with Crippen molar-refractivity contribution in [2.24, 2.45) is 0 Å². The molecule has 1 aromatic rings. The van der Waals surface area contributed by atoms with Crippen LogP contribution < -0.4 is 0 Å². The minimum atomic E-state index is -0.294. The lowest BCUT2D eigenvalue weighted by Crippen LogP contribution is -2.34. The van der Waals surface area contributed by atoms with E-state index >= 15 is 0 Å². The van der Waals surface area contributed by atoms with Gasteiger partial charge in [-0.25, -0.2) is 0 Å². The number of rotatable bonds is 7. The fourth-order valence-electron chi connectivity index (χ4n) is 1.87. The van der Waals surface area contributed by atoms with Gasteiger partial charge in [0.1, 0.15) is 0 Å². The molecule has 0 heterocycles. The molecule has 6 heteroatoms. The average molecular weight is 346 g/mol. The third-order valence-corrected chi connectivity index (χ3v) is 3.47. The first-order chi connectivity index (χ1) is 10.1. The van der Waals surface area contributed by atoms with Crippen molar-refractivity contribution in [3.8, 4) is 0 Å². The zero-order valence-corrected chi connectivity index (χ0v) is 14.8. The molecule has 0 N–H and O–H groups in total. The zero-order chi connectivity index (χ0) is 16.9. The van der Waals surface area contributed by atoms with Crippen molar-refractivity contribution >= 4 is 35.4 Å². The first-order valence-electron chi connectivity index (χ1n) is 6.96. The maximum Gasteiger partial charge on any atom is 0.210 e. The summed E-state index contributed by atoms with van der Waals surface area (Å²) >= 11 is 12.2. The molecule has 0 spiro atoms. The fraction of sp³-hybridized carbons (Fsp3) is 0.500. The minimum Gasteiger partial charge on any atom is -0.374 e. The van der Waals surface area contributed by atoms with Crippen molar-refractivity contribution < 1.29 is 14.3 Å². The second-order valence-electron chi connectivity index (χ2n) is 6.06. The van der Waals surface area contributed by atoms with Crippen LogP contribution in [0, 0.1) is 6.92 Å². The van der Waals surface area contributed by atoms with Gasteiger partial charge < -0.3 is 9.64 Å². The summed E-state index contributed by atoms with van der Waals surface area (Å²) < 4.78 is 5.55. The van der Waals surface area contributed by atoms with Gasteiger partial charge in [-0.05, 0) is 45.4 Å². The average Bonchev–Trinajstić information content (AvgIpc) is 2.34. The highest BCUT2D eigenvalue weighted by atomic mass is 35.5. The van der Waals surface area contributed by atoms with Gasteiger partial charge in [0.2, 0.25) is 6.41 Å². The second-order valence-corrected chi connectivity index (χ2v) is 6.88. The Kier molecular flexibility index (Phi) is 6.85. The van der Waals surface area contributed by atoms with E-state index in [1.165, 1.54) is 4.90 Å². The Hall–Kier alpha value is -1.10. The molecule has 0 saturated heterocycles. The molecule has 0 radical (unpaired) electrons. The van der Waals surface area contributed by atoms with Crippen molar-refractivity contribution in [2.45, 2.75) is 33.3 Å². The van der Waals surface area contributed by atoms with Crippen LogP contribution in [0.15, 0.2) is 12.1 Å². The highest BCUT2D eigenvalue weighted by molar-refractivity contribution is 6.40. The smallest absolute Gasteiger partial charge is 0.210 e. The Labute approximate surface area is 141 Å². The maximum absolute atomic E-state index is 12.3. The number of ketones is 1. The predicted octanol–water partition coefficient (Wildman–Crippen LogP) is 3.76. The zero-order valence-electron chi connectivity index (χ0n) is 13.3. The molecule has 1 amide bonds. The van der Waals surface area contributed by atoms with Crippen molar-refractivity contribution in [1.82, 2.24) is 4.90 Å². The largest absolute Gasteiger partial charge is 0.374 e. The lowest BCUT2D eigenvalue weighted by atomic mass is 10.1. The number of benzene rings is 1. The van der Waals surface area contributed by atoms with Gasteiger partial charge in [-0.2, -0.15) is 0 Å². The van der Waals surface area contributed by atoms with Crippen LogP contribution in [0.4, 0.5) is 0 Å². The van der Waals surface area contributed by atoms with E-state index in [0.717, 1.165) is 5.56 Å². The number of carbonyl (C=O) groups excluding carboxylic acids is 2. The standard InChI is InChI=1S/C16H21Cl2NO3/c1-11-7-12(17)15(13(18)8-11)14(21)9-19(10-20)5-6-22-16(2,3)4/h7-8,10H,5-6,9H2,1-4H3. The van der Waals surface area contributed by atoms with Crippen LogP contribution in [-0.4, -0.2) is 42.4 Å². The van der Waals surface area contributed by atoms with Gasteiger partial charge in [0, 0.05) is 6.54 Å². The molecule has 0 unspecified atom stereocenters. The van der Waals surface area contributed by atoms with E-state index in [9.17, 15) is 9.59 Å². The van der Waals surface area contributed by atoms with Gasteiger partial charge in [-0.3, -0.25) is 9.59 Å². The summed E-state index contributed by atoms with van der Waals surface area (Å²) in [5.41, 5.74) is 0.831. The van der Waals surface area contributed by atoms with E-state index in [-0.39, 0.29) is 23.5 Å². The summed E-state index contributed by atoms with van der Waals surface area (Å²) in [7, 11) is 0. The molecule has 0 aliphatic carbocycles. The van der Waals surface area contributed by atoms with E-state index in [4.69, 9.17) is 27.9 Å². The quantitative estimate of drug-likeness (QED) is 0.558. The van der Waals surface area contributed by atoms with E-state index < -0.39 is 0 Å². The summed E-state index contributed by atoms with van der Waals surface area (Å²) in [5, 5.41) is 0.596. The number of carbonyl (C=O) groups is 2. The molecule has 4 nitrogen and oxygen atoms in total. The Balaban J connectivity index is 2.72. The Morgan fingerprint density at radius 1 is 1.27 bits per heavy atom. The van der Waals surface area contributed by atoms with E-state index in [1.807, 2.05) is 27.7 Å². The number of hydrogen-bond donors (Lipinski definition) is 0. The number of amides is 1. The predicted molar refractivity (Wildman–Crippen MR) is 88.9 cm³/mol. The summed E-state index contributed by atoms with van der Waals surface area (Å²) in [6.07, 6.45) is 0.625. The van der Waals surface area contributed by atoms with E-state index in [2.05, 4.69) is 0 Å². The molecule has 0 aliphatic rings. The van der Waals surface area contributed by atoms with Gasteiger partial charge in [0.25, 0.3) is 0 Å². The summed E-state index contributed by atoms with van der Waals surface area (Å²) in [6.45, 7) is 8.21. The lowest BCUT2D eigenvalue weighted by molar-refractivity contribution is -0.119. The van der Waals surface area contributed by atoms with Crippen molar-refractivity contribution in [3.05, 3.63) is 33.3 Å². The lowest BCUT2D eigenvalue weighted by Gasteiger charge is -2.22. The first kappa shape index (κ1) is 18.9. The van der Waals surface area contributed by atoms with Gasteiger partial charge in [0.05, 0.1) is 34.4 Å². The van der Waals surface area contributed by atoms with Gasteiger partial charge in [-0.1, -0.05) is 23.2 Å². The molecule has 0 bridgehead atoms. The van der Waals surface area contributed by atoms with Crippen LogP contribution >= 0.6 is 23.2 Å². The van der Waals surface area contributed by atoms with Crippen molar-refractivity contribution in [1.29, 1.82) is 0 Å². The maximum atomic E-state index is 12.3. The van der Waals surface area contributed by atoms with Crippen LogP contribution in [0.2, 0.25) is 10.0 Å². The van der Waals surface area contributed by atoms with Crippen LogP contribution in [0.25, 0.3) is 0 Å². The van der Waals surface area contributed by atoms with E-state index in [0.29, 0.717) is 29.6 Å². The topological polar surface area (TPSA) is 46.6 Å². The first-order valence-corrected chi connectivity index (χ1v) is 7.72. The summed E-state index contributed by atoms with van der Waals surface area (Å²) in [5.74, 6) is -0.294. The molecule has 0 saturated carbocycles. The fourth-order valence-corrected chi connectivity index (χ4v) is 2.67. The number of halogens is 2. The molecule has 0 aliphatic heterocycles. The van der Waals surface area contributed by atoms with Gasteiger partial charge in [0.15, 0.2) is 5.78 Å². The van der Waals surface area contributed by atoms with Crippen LogP contribution in [0.1, 0.15) is 36.7 Å². The number of nitrogens with zero attached hydrogens (tertiary/aromatic N) is 1. The molecule has 122 valence electrons. The molecule has 0 atom stereocenters. The minimum absolute atomic E-state index is 0.0838. The molecular formula is C16H21Cl2NO3. The summed E-state index contributed by atoms with van der Waals surface area (Å²) in [4.78, 5) is 24.8. The van der Waals surface area contributed by atoms with Crippen LogP contribution in [0.5, 0.6) is 0 Å². The number of Topliss-reactive ketones (excluding diaryl/α,β-unsaturated/α-hetero) is 1. The second kappa shape index (κ2) is 7.95. The molecule has 22 heavy (non-hydrogen) atoms. The van der Waals surface area contributed by atoms with Crippen LogP contribution in [0.3, 0.4) is 0 Å². The van der Waals surface area contributed by atoms with E-state index in [1.54, 1.807) is 12.1 Å². The van der Waals surface area contributed by atoms with Crippen molar-refractivity contribution in [2.75, 3.05) is 19.7 Å². The molecule has 0 aromatic heterocycles. The van der Waals surface area contributed by atoms with Gasteiger partial charge >= 0.3 is 0 Å².